The van der Waals surface area contributed by atoms with Crippen molar-refractivity contribution in [3.8, 4) is 28.0 Å². The molecule has 1 aliphatic heterocycles. The predicted molar refractivity (Wildman–Crippen MR) is 150 cm³/mol. The Balaban J connectivity index is 1.33. The number of ether oxygens (including phenoxy) is 3. The van der Waals surface area contributed by atoms with Crippen molar-refractivity contribution in [2.45, 2.75) is 32.2 Å². The van der Waals surface area contributed by atoms with Crippen molar-refractivity contribution >= 4 is 0 Å². The van der Waals surface area contributed by atoms with E-state index in [1.165, 1.54) is 18.2 Å². The first-order chi connectivity index (χ1) is 21.9. The molecule has 3 nitrogen and oxygen atoms in total. The topological polar surface area (TPSA) is 27.7 Å². The summed E-state index contributed by atoms with van der Waals surface area (Å²) in [5.74, 6) is -12.2. The van der Waals surface area contributed by atoms with E-state index in [1.54, 1.807) is 6.07 Å². The van der Waals surface area contributed by atoms with Crippen LogP contribution in [0.1, 0.15) is 37.2 Å². The van der Waals surface area contributed by atoms with Gasteiger partial charge in [-0.3, -0.25) is 0 Å². The largest absolute Gasteiger partial charge is 0.432 e. The molecule has 242 valence electrons. The lowest BCUT2D eigenvalue weighted by atomic mass is 9.97. The van der Waals surface area contributed by atoms with Crippen molar-refractivity contribution in [1.82, 2.24) is 0 Å². The highest BCUT2D eigenvalue weighted by Crippen LogP contribution is 2.39. The standard InChI is InChI=1S/C34H25F9O3/c1-2-3-4-5-18-16-44-33(45-17-18)20-7-9-23(26(36)11-20)19-6-8-24(25(35)10-19)21-12-27(37)31(28(38)13-21)34(42,43)46-22-14-29(39)32(41)30(40)15-22/h2-3,6-15,18,33H,4-5,16-17H2,1H3. The summed E-state index contributed by atoms with van der Waals surface area (Å²) in [5.41, 5.74) is -2.31. The molecule has 0 radical (unpaired) electrons. The lowest BCUT2D eigenvalue weighted by Crippen LogP contribution is -2.27. The molecular weight excluding hydrogens is 627 g/mol. The van der Waals surface area contributed by atoms with Gasteiger partial charge in [-0.2, -0.15) is 8.78 Å². The number of alkyl halides is 2. The van der Waals surface area contributed by atoms with E-state index < -0.39 is 75.6 Å². The average Bonchev–Trinajstić information content (AvgIpc) is 2.99. The van der Waals surface area contributed by atoms with Gasteiger partial charge in [-0.25, -0.2) is 30.7 Å². The fourth-order valence-electron chi connectivity index (χ4n) is 5.03. The second-order valence-corrected chi connectivity index (χ2v) is 10.6. The maximum Gasteiger partial charge on any atom is 0.432 e. The third-order valence-electron chi connectivity index (χ3n) is 7.34. The first-order valence-electron chi connectivity index (χ1n) is 14.0. The first kappa shape index (κ1) is 33.1. The van der Waals surface area contributed by atoms with E-state index in [0.29, 0.717) is 30.9 Å². The number of hydrogen-bond acceptors (Lipinski definition) is 3. The van der Waals surface area contributed by atoms with Crippen LogP contribution in [0.5, 0.6) is 5.75 Å². The SMILES string of the molecule is CC=CCCC1COC(c2ccc(-c3ccc(-c4cc(F)c(C(F)(F)Oc5cc(F)c(F)c(F)c5)c(F)c4)c(F)c3)c(F)c2)OC1. The van der Waals surface area contributed by atoms with Gasteiger partial charge in [0.2, 0.25) is 0 Å². The van der Waals surface area contributed by atoms with Gasteiger partial charge in [0.15, 0.2) is 23.7 Å². The molecule has 0 saturated carbocycles. The first-order valence-corrected chi connectivity index (χ1v) is 14.0. The van der Waals surface area contributed by atoms with Crippen molar-refractivity contribution in [2.24, 2.45) is 5.92 Å². The zero-order valence-electron chi connectivity index (χ0n) is 24.0. The van der Waals surface area contributed by atoms with E-state index in [9.17, 15) is 30.7 Å². The van der Waals surface area contributed by atoms with Crippen LogP contribution < -0.4 is 4.74 Å². The van der Waals surface area contributed by atoms with Crippen LogP contribution in [0.15, 0.2) is 72.8 Å². The van der Waals surface area contributed by atoms with Crippen LogP contribution in [0.2, 0.25) is 0 Å². The number of hydrogen-bond donors (Lipinski definition) is 0. The summed E-state index contributed by atoms with van der Waals surface area (Å²) >= 11 is 0. The maximum absolute atomic E-state index is 15.2. The second-order valence-electron chi connectivity index (χ2n) is 10.6. The molecule has 12 heteroatoms. The third-order valence-corrected chi connectivity index (χ3v) is 7.34. The molecule has 1 aliphatic rings. The average molecular weight is 653 g/mol. The van der Waals surface area contributed by atoms with E-state index >= 15 is 8.78 Å². The zero-order valence-corrected chi connectivity index (χ0v) is 24.0. The van der Waals surface area contributed by atoms with Crippen LogP contribution in [0.4, 0.5) is 39.5 Å². The minimum Gasteiger partial charge on any atom is -0.429 e. The van der Waals surface area contributed by atoms with Crippen LogP contribution >= 0.6 is 0 Å². The van der Waals surface area contributed by atoms with Gasteiger partial charge in [-0.1, -0.05) is 36.4 Å². The summed E-state index contributed by atoms with van der Waals surface area (Å²) < 4.78 is 145. The Kier molecular flexibility index (Phi) is 9.78. The molecule has 4 aromatic rings. The highest BCUT2D eigenvalue weighted by atomic mass is 19.3. The Bertz CT molecular complexity index is 1720. The molecule has 0 aromatic heterocycles. The predicted octanol–water partition coefficient (Wildman–Crippen LogP) is 10.1. The summed E-state index contributed by atoms with van der Waals surface area (Å²) in [5, 5.41) is 0. The van der Waals surface area contributed by atoms with Gasteiger partial charge in [0.25, 0.3) is 0 Å². The number of benzene rings is 4. The molecule has 0 aliphatic carbocycles. The van der Waals surface area contributed by atoms with Crippen molar-refractivity contribution in [1.29, 1.82) is 0 Å². The minimum absolute atomic E-state index is 0.00686. The van der Waals surface area contributed by atoms with Crippen molar-refractivity contribution in [3.05, 3.63) is 125 Å². The van der Waals surface area contributed by atoms with Crippen LogP contribution in [-0.2, 0) is 15.6 Å². The molecule has 0 bridgehead atoms. The molecular formula is C34H25F9O3. The normalized spacial score (nSPS) is 17.1. The fraction of sp³-hybridized carbons (Fsp3) is 0.235. The summed E-state index contributed by atoms with van der Waals surface area (Å²) in [6.07, 6.45) is 0.209. The van der Waals surface area contributed by atoms with Crippen LogP contribution in [0, 0.1) is 46.6 Å². The zero-order chi connectivity index (χ0) is 33.2. The van der Waals surface area contributed by atoms with Crippen molar-refractivity contribution in [2.75, 3.05) is 13.2 Å². The number of allylic oxidation sites excluding steroid dienone is 2. The molecule has 1 fully saturated rings. The van der Waals surface area contributed by atoms with Gasteiger partial charge >= 0.3 is 6.11 Å². The Morgan fingerprint density at radius 3 is 1.87 bits per heavy atom. The second kappa shape index (κ2) is 13.6. The molecule has 0 atom stereocenters. The van der Waals surface area contributed by atoms with Gasteiger partial charge in [0.1, 0.15) is 34.6 Å². The Morgan fingerprint density at radius 2 is 1.28 bits per heavy atom. The molecule has 0 N–H and O–H groups in total. The molecule has 5 rings (SSSR count). The maximum atomic E-state index is 15.2. The smallest absolute Gasteiger partial charge is 0.429 e. The van der Waals surface area contributed by atoms with E-state index in [0.717, 1.165) is 25.0 Å². The summed E-state index contributed by atoms with van der Waals surface area (Å²) in [7, 11) is 0. The van der Waals surface area contributed by atoms with E-state index in [2.05, 4.69) is 4.74 Å². The monoisotopic (exact) mass is 652 g/mol. The fourth-order valence-corrected chi connectivity index (χ4v) is 5.03. The molecule has 0 unspecified atom stereocenters. The van der Waals surface area contributed by atoms with Crippen molar-refractivity contribution in [3.63, 3.8) is 0 Å². The van der Waals surface area contributed by atoms with Crippen LogP contribution in [0.3, 0.4) is 0 Å². The summed E-state index contributed by atoms with van der Waals surface area (Å²) in [6, 6.07) is 8.41. The quantitative estimate of drug-likeness (QED) is 0.102. The van der Waals surface area contributed by atoms with Gasteiger partial charge in [0, 0.05) is 34.7 Å². The van der Waals surface area contributed by atoms with Gasteiger partial charge in [-0.05, 0) is 55.2 Å². The lowest BCUT2D eigenvalue weighted by Gasteiger charge is -2.29. The molecule has 0 amide bonds. The third kappa shape index (κ3) is 7.07. The highest BCUT2D eigenvalue weighted by Gasteiger charge is 2.41. The highest BCUT2D eigenvalue weighted by molar-refractivity contribution is 5.72. The summed E-state index contributed by atoms with van der Waals surface area (Å²) in [4.78, 5) is 0. The lowest BCUT2D eigenvalue weighted by molar-refractivity contribution is -0.205. The van der Waals surface area contributed by atoms with Crippen LogP contribution in [-0.4, -0.2) is 13.2 Å². The number of halogens is 9. The molecule has 46 heavy (non-hydrogen) atoms. The Hall–Kier alpha value is -4.29. The van der Waals surface area contributed by atoms with Gasteiger partial charge < -0.3 is 14.2 Å². The molecule has 1 saturated heterocycles. The Labute approximate surface area is 257 Å². The van der Waals surface area contributed by atoms with Gasteiger partial charge in [0.05, 0.1) is 13.2 Å². The Morgan fingerprint density at radius 1 is 0.717 bits per heavy atom. The van der Waals surface area contributed by atoms with E-state index in [1.807, 2.05) is 19.1 Å². The van der Waals surface area contributed by atoms with Crippen molar-refractivity contribution < 1.29 is 53.7 Å². The van der Waals surface area contributed by atoms with Crippen LogP contribution in [0.25, 0.3) is 22.3 Å². The van der Waals surface area contributed by atoms with Gasteiger partial charge in [-0.15, -0.1) is 0 Å². The number of rotatable bonds is 9. The molecule has 1 heterocycles. The molecule has 4 aromatic carbocycles. The molecule has 0 spiro atoms. The van der Waals surface area contributed by atoms with E-state index in [-0.39, 0.29) is 29.2 Å². The minimum atomic E-state index is -4.81. The summed E-state index contributed by atoms with van der Waals surface area (Å²) in [6.45, 7) is 2.82. The van der Waals surface area contributed by atoms with E-state index in [4.69, 9.17) is 9.47 Å².